The molecule has 1 saturated heterocycles. The van der Waals surface area contributed by atoms with Crippen molar-refractivity contribution >= 4 is 12.0 Å². The molecule has 0 aromatic carbocycles. The quantitative estimate of drug-likeness (QED) is 0.841. The Bertz CT molecular complexity index is 399. The second-order valence-corrected chi connectivity index (χ2v) is 6.84. The summed E-state index contributed by atoms with van der Waals surface area (Å²) in [6.45, 7) is 6.98. The van der Waals surface area contributed by atoms with Crippen molar-refractivity contribution in [3.63, 3.8) is 0 Å². The molecule has 2 amide bonds. The fourth-order valence-electron chi connectivity index (χ4n) is 3.89. The fraction of sp³-hybridized carbons (Fsp3) is 0.875. The first-order valence-corrected chi connectivity index (χ1v) is 8.24. The maximum atomic E-state index is 12.5. The predicted octanol–water partition coefficient (Wildman–Crippen LogP) is 2.71. The summed E-state index contributed by atoms with van der Waals surface area (Å²) in [5.74, 6) is 0.630. The van der Waals surface area contributed by atoms with Gasteiger partial charge in [0.05, 0.1) is 0 Å². The molecule has 5 heteroatoms. The van der Waals surface area contributed by atoms with Gasteiger partial charge in [0.2, 0.25) is 0 Å². The monoisotopic (exact) mass is 296 g/mol. The van der Waals surface area contributed by atoms with Crippen LogP contribution in [0.4, 0.5) is 4.79 Å². The summed E-state index contributed by atoms with van der Waals surface area (Å²) >= 11 is 0. The third-order valence-electron chi connectivity index (χ3n) is 5.47. The summed E-state index contributed by atoms with van der Waals surface area (Å²) < 4.78 is 0. The Labute approximate surface area is 127 Å². The molecule has 5 atom stereocenters. The first-order chi connectivity index (χ1) is 9.93. The second-order valence-electron chi connectivity index (χ2n) is 6.84. The van der Waals surface area contributed by atoms with Gasteiger partial charge in [-0.1, -0.05) is 27.2 Å². The second kappa shape index (κ2) is 6.67. The van der Waals surface area contributed by atoms with Crippen molar-refractivity contribution in [3.05, 3.63) is 0 Å². The minimum atomic E-state index is -0.886. The van der Waals surface area contributed by atoms with E-state index < -0.39 is 12.0 Å². The van der Waals surface area contributed by atoms with Crippen molar-refractivity contribution < 1.29 is 14.7 Å². The number of rotatable bonds is 3. The predicted molar refractivity (Wildman–Crippen MR) is 81.0 cm³/mol. The van der Waals surface area contributed by atoms with E-state index in [2.05, 4.69) is 26.1 Å². The Hall–Kier alpha value is -1.26. The highest BCUT2D eigenvalue weighted by molar-refractivity contribution is 5.83. The van der Waals surface area contributed by atoms with E-state index in [1.165, 1.54) is 4.90 Å². The lowest BCUT2D eigenvalue weighted by atomic mass is 9.92. The highest BCUT2D eigenvalue weighted by Crippen LogP contribution is 2.34. The summed E-state index contributed by atoms with van der Waals surface area (Å²) in [6.07, 6.45) is 4.75. The number of carboxylic acids is 1. The maximum absolute atomic E-state index is 12.5. The normalized spacial score (nSPS) is 36.5. The molecule has 5 nitrogen and oxygen atoms in total. The van der Waals surface area contributed by atoms with Gasteiger partial charge in [-0.3, -0.25) is 0 Å². The van der Waals surface area contributed by atoms with Crippen LogP contribution in [0.3, 0.4) is 0 Å². The van der Waals surface area contributed by atoms with Crippen LogP contribution in [0.2, 0.25) is 0 Å². The van der Waals surface area contributed by atoms with Crippen LogP contribution in [0.25, 0.3) is 0 Å². The smallest absolute Gasteiger partial charge is 0.326 e. The third-order valence-corrected chi connectivity index (χ3v) is 5.47. The van der Waals surface area contributed by atoms with Crippen molar-refractivity contribution in [1.29, 1.82) is 0 Å². The molecule has 2 rings (SSSR count). The molecule has 21 heavy (non-hydrogen) atoms. The lowest BCUT2D eigenvalue weighted by Gasteiger charge is -2.37. The van der Waals surface area contributed by atoms with E-state index >= 15 is 0 Å². The zero-order valence-corrected chi connectivity index (χ0v) is 13.3. The minimum absolute atomic E-state index is 0.191. The van der Waals surface area contributed by atoms with Crippen molar-refractivity contribution in [1.82, 2.24) is 10.2 Å². The SMILES string of the molecule is CCC1CCC(NC(=O)N2CCC(C)CC2C(=O)O)C1C. The molecule has 5 unspecified atom stereocenters. The van der Waals surface area contributed by atoms with Crippen molar-refractivity contribution in [2.24, 2.45) is 17.8 Å². The number of carbonyl (C=O) groups excluding carboxylic acids is 1. The fourth-order valence-corrected chi connectivity index (χ4v) is 3.89. The van der Waals surface area contributed by atoms with Gasteiger partial charge in [0.1, 0.15) is 6.04 Å². The molecule has 1 aliphatic heterocycles. The van der Waals surface area contributed by atoms with Crippen LogP contribution in [-0.2, 0) is 4.79 Å². The number of piperidine rings is 1. The molecule has 1 aliphatic carbocycles. The molecular formula is C16H28N2O3. The molecule has 0 bridgehead atoms. The number of likely N-dealkylation sites (tertiary alicyclic amines) is 1. The van der Waals surface area contributed by atoms with Gasteiger partial charge in [-0.25, -0.2) is 9.59 Å². The number of aliphatic carboxylic acids is 1. The van der Waals surface area contributed by atoms with Gasteiger partial charge in [0, 0.05) is 12.6 Å². The molecule has 0 aromatic rings. The summed E-state index contributed by atoms with van der Waals surface area (Å²) in [6, 6.07) is -0.674. The van der Waals surface area contributed by atoms with Crippen LogP contribution in [0.15, 0.2) is 0 Å². The van der Waals surface area contributed by atoms with E-state index in [-0.39, 0.29) is 12.1 Å². The molecule has 0 spiro atoms. The maximum Gasteiger partial charge on any atom is 0.326 e. The number of hydrogen-bond donors (Lipinski definition) is 2. The zero-order valence-electron chi connectivity index (χ0n) is 13.3. The number of carboxylic acid groups (broad SMARTS) is 1. The van der Waals surface area contributed by atoms with Gasteiger partial charge < -0.3 is 15.3 Å². The molecule has 0 aromatic heterocycles. The van der Waals surface area contributed by atoms with E-state index in [0.717, 1.165) is 25.7 Å². The van der Waals surface area contributed by atoms with Gasteiger partial charge in [-0.2, -0.15) is 0 Å². The number of amides is 2. The Morgan fingerprint density at radius 1 is 1.24 bits per heavy atom. The van der Waals surface area contributed by atoms with E-state index in [9.17, 15) is 14.7 Å². The van der Waals surface area contributed by atoms with Crippen LogP contribution in [-0.4, -0.2) is 40.6 Å². The first kappa shape index (κ1) is 16.1. The zero-order chi connectivity index (χ0) is 15.6. The van der Waals surface area contributed by atoms with Crippen LogP contribution in [0.5, 0.6) is 0 Å². The average molecular weight is 296 g/mol. The van der Waals surface area contributed by atoms with E-state index in [4.69, 9.17) is 0 Å². The molecular weight excluding hydrogens is 268 g/mol. The standard InChI is InChI=1S/C16H28N2O3/c1-4-12-5-6-13(11(12)3)17-16(21)18-8-7-10(2)9-14(18)15(19)20/h10-14H,4-9H2,1-3H3,(H,17,21)(H,19,20). The number of hydrogen-bond acceptors (Lipinski definition) is 2. The Balaban J connectivity index is 1.97. The summed E-state index contributed by atoms with van der Waals surface area (Å²) in [7, 11) is 0. The summed E-state index contributed by atoms with van der Waals surface area (Å²) in [5, 5.41) is 12.4. The highest BCUT2D eigenvalue weighted by Gasteiger charge is 2.38. The molecule has 2 aliphatic rings. The lowest BCUT2D eigenvalue weighted by molar-refractivity contribution is -0.143. The van der Waals surface area contributed by atoms with Crippen LogP contribution in [0, 0.1) is 17.8 Å². The average Bonchev–Trinajstić information content (AvgIpc) is 2.79. The Kier molecular flexibility index (Phi) is 5.12. The van der Waals surface area contributed by atoms with Crippen LogP contribution >= 0.6 is 0 Å². The molecule has 2 N–H and O–H groups in total. The molecule has 0 radical (unpaired) electrons. The highest BCUT2D eigenvalue weighted by atomic mass is 16.4. The summed E-state index contributed by atoms with van der Waals surface area (Å²) in [4.78, 5) is 25.4. The molecule has 2 fully saturated rings. The third kappa shape index (κ3) is 3.50. The number of nitrogens with one attached hydrogen (secondary N) is 1. The Morgan fingerprint density at radius 3 is 2.52 bits per heavy atom. The lowest BCUT2D eigenvalue weighted by Crippen LogP contribution is -2.55. The van der Waals surface area contributed by atoms with Crippen LogP contribution < -0.4 is 5.32 Å². The van der Waals surface area contributed by atoms with Crippen LogP contribution in [0.1, 0.15) is 52.9 Å². The van der Waals surface area contributed by atoms with E-state index in [1.807, 2.05) is 0 Å². The van der Waals surface area contributed by atoms with E-state index in [0.29, 0.717) is 30.7 Å². The van der Waals surface area contributed by atoms with Crippen molar-refractivity contribution in [2.75, 3.05) is 6.54 Å². The van der Waals surface area contributed by atoms with E-state index in [1.54, 1.807) is 0 Å². The number of urea groups is 1. The van der Waals surface area contributed by atoms with Crippen molar-refractivity contribution in [2.45, 2.75) is 65.0 Å². The number of nitrogens with zero attached hydrogens (tertiary/aromatic N) is 1. The van der Waals surface area contributed by atoms with Gasteiger partial charge in [-0.15, -0.1) is 0 Å². The topological polar surface area (TPSA) is 69.6 Å². The minimum Gasteiger partial charge on any atom is -0.480 e. The Morgan fingerprint density at radius 2 is 1.95 bits per heavy atom. The molecule has 120 valence electrons. The summed E-state index contributed by atoms with van der Waals surface area (Å²) in [5.41, 5.74) is 0. The first-order valence-electron chi connectivity index (χ1n) is 8.24. The van der Waals surface area contributed by atoms with Gasteiger partial charge in [-0.05, 0) is 43.4 Å². The number of carbonyl (C=O) groups is 2. The molecule has 1 saturated carbocycles. The van der Waals surface area contributed by atoms with Gasteiger partial charge >= 0.3 is 12.0 Å². The van der Waals surface area contributed by atoms with Crippen molar-refractivity contribution in [3.8, 4) is 0 Å². The van der Waals surface area contributed by atoms with Gasteiger partial charge in [0.15, 0.2) is 0 Å². The van der Waals surface area contributed by atoms with Gasteiger partial charge in [0.25, 0.3) is 0 Å². The molecule has 1 heterocycles. The largest absolute Gasteiger partial charge is 0.480 e.